The second kappa shape index (κ2) is 9.10. The van der Waals surface area contributed by atoms with Gasteiger partial charge in [0.25, 0.3) is 0 Å². The number of carbonyl (C=O) groups excluding carboxylic acids is 1. The van der Waals surface area contributed by atoms with Crippen molar-refractivity contribution in [3.63, 3.8) is 0 Å². The van der Waals surface area contributed by atoms with Gasteiger partial charge in [0.1, 0.15) is 11.1 Å². The van der Waals surface area contributed by atoms with Crippen LogP contribution in [0.2, 0.25) is 0 Å². The second-order valence-electron chi connectivity index (χ2n) is 7.30. The number of pyridine rings is 1. The maximum Gasteiger partial charge on any atom is 0.335 e. The first-order chi connectivity index (χ1) is 13.9. The van der Waals surface area contributed by atoms with Crippen molar-refractivity contribution in [1.29, 1.82) is 5.26 Å². The molecule has 0 spiro atoms. The molecule has 0 aliphatic heterocycles. The maximum absolute atomic E-state index is 12.8. The predicted octanol–water partition coefficient (Wildman–Crippen LogP) is 4.29. The van der Waals surface area contributed by atoms with E-state index in [2.05, 4.69) is 18.3 Å². The molecule has 29 heavy (non-hydrogen) atoms. The van der Waals surface area contributed by atoms with Crippen LogP contribution in [0.15, 0.2) is 35.4 Å². The summed E-state index contributed by atoms with van der Waals surface area (Å²) in [5.41, 5.74) is 3.20. The van der Waals surface area contributed by atoms with Crippen LogP contribution in [0.3, 0.4) is 0 Å². The number of fused-ring (bicyclic) bond motifs is 1. The van der Waals surface area contributed by atoms with E-state index in [1.54, 1.807) is 12.1 Å². The van der Waals surface area contributed by atoms with E-state index in [0.717, 1.165) is 30.5 Å². The van der Waals surface area contributed by atoms with E-state index >= 15 is 0 Å². The molecule has 3 rings (SSSR count). The molecule has 6 nitrogen and oxygen atoms in total. The number of thioether (sulfide) groups is 1. The SMILES string of the molecule is CCC(Sc1nc2c(cc1C#N)CC(C)CC2)C(=O)Nc1cccc(C(=O)O)c1. The largest absolute Gasteiger partial charge is 0.478 e. The van der Waals surface area contributed by atoms with Crippen molar-refractivity contribution in [3.05, 3.63) is 52.7 Å². The van der Waals surface area contributed by atoms with Crippen molar-refractivity contribution in [2.45, 2.75) is 49.8 Å². The molecule has 1 aliphatic carbocycles. The number of carbonyl (C=O) groups is 2. The lowest BCUT2D eigenvalue weighted by molar-refractivity contribution is -0.115. The van der Waals surface area contributed by atoms with E-state index in [4.69, 9.17) is 10.1 Å². The third-order valence-electron chi connectivity index (χ3n) is 5.01. The fourth-order valence-electron chi connectivity index (χ4n) is 3.41. The molecule has 0 bridgehead atoms. The van der Waals surface area contributed by atoms with Crippen LogP contribution in [0, 0.1) is 17.2 Å². The number of nitriles is 1. The number of nitrogens with one attached hydrogen (secondary N) is 1. The number of carboxylic acid groups (broad SMARTS) is 1. The minimum Gasteiger partial charge on any atom is -0.478 e. The Kier molecular flexibility index (Phi) is 6.55. The first-order valence-corrected chi connectivity index (χ1v) is 10.5. The molecule has 0 saturated carbocycles. The molecular formula is C22H23N3O3S. The number of anilines is 1. The first kappa shape index (κ1) is 20.9. The highest BCUT2D eigenvalue weighted by atomic mass is 32.2. The van der Waals surface area contributed by atoms with Gasteiger partial charge in [-0.15, -0.1) is 0 Å². The van der Waals surface area contributed by atoms with Gasteiger partial charge in [-0.3, -0.25) is 4.79 Å². The Morgan fingerprint density at radius 1 is 1.41 bits per heavy atom. The van der Waals surface area contributed by atoms with Crippen LogP contribution in [0.25, 0.3) is 0 Å². The zero-order valence-corrected chi connectivity index (χ0v) is 17.3. The zero-order valence-electron chi connectivity index (χ0n) is 16.4. The summed E-state index contributed by atoms with van der Waals surface area (Å²) >= 11 is 1.29. The van der Waals surface area contributed by atoms with E-state index in [1.807, 2.05) is 13.0 Å². The van der Waals surface area contributed by atoms with Crippen LogP contribution >= 0.6 is 11.8 Å². The Labute approximate surface area is 174 Å². The van der Waals surface area contributed by atoms with Gasteiger partial charge in [0.15, 0.2) is 0 Å². The molecule has 2 atom stereocenters. The second-order valence-corrected chi connectivity index (χ2v) is 8.49. The summed E-state index contributed by atoms with van der Waals surface area (Å²) < 4.78 is 0. The molecule has 7 heteroatoms. The summed E-state index contributed by atoms with van der Waals surface area (Å²) in [5.74, 6) is -0.698. The lowest BCUT2D eigenvalue weighted by atomic mass is 9.87. The highest BCUT2D eigenvalue weighted by molar-refractivity contribution is 8.00. The van der Waals surface area contributed by atoms with Gasteiger partial charge in [-0.1, -0.05) is 31.7 Å². The van der Waals surface area contributed by atoms with Gasteiger partial charge >= 0.3 is 5.97 Å². The van der Waals surface area contributed by atoms with Gasteiger partial charge in [-0.05, 0) is 61.4 Å². The summed E-state index contributed by atoms with van der Waals surface area (Å²) in [5, 5.41) is 21.6. The van der Waals surface area contributed by atoms with Gasteiger partial charge in [0, 0.05) is 11.4 Å². The molecule has 1 aromatic carbocycles. The number of nitrogens with zero attached hydrogens (tertiary/aromatic N) is 2. The molecule has 0 saturated heterocycles. The zero-order chi connectivity index (χ0) is 21.0. The maximum atomic E-state index is 12.8. The summed E-state index contributed by atoms with van der Waals surface area (Å²) in [4.78, 5) is 28.6. The van der Waals surface area contributed by atoms with Gasteiger partial charge in [-0.25, -0.2) is 9.78 Å². The lowest BCUT2D eigenvalue weighted by Crippen LogP contribution is -2.25. The van der Waals surface area contributed by atoms with Crippen LogP contribution in [-0.2, 0) is 17.6 Å². The van der Waals surface area contributed by atoms with Crippen molar-refractivity contribution in [1.82, 2.24) is 4.98 Å². The van der Waals surface area contributed by atoms with Crippen LogP contribution in [-0.4, -0.2) is 27.2 Å². The molecule has 0 fully saturated rings. The van der Waals surface area contributed by atoms with Crippen LogP contribution in [0.1, 0.15) is 53.9 Å². The molecule has 2 N–H and O–H groups in total. The van der Waals surface area contributed by atoms with Gasteiger partial charge < -0.3 is 10.4 Å². The Morgan fingerprint density at radius 2 is 2.21 bits per heavy atom. The predicted molar refractivity (Wildman–Crippen MR) is 112 cm³/mol. The summed E-state index contributed by atoms with van der Waals surface area (Å²) in [7, 11) is 0. The lowest BCUT2D eigenvalue weighted by Gasteiger charge is -2.22. The number of aryl methyl sites for hydroxylation is 1. The van der Waals surface area contributed by atoms with Crippen molar-refractivity contribution < 1.29 is 14.7 Å². The normalized spacial score (nSPS) is 16.4. The van der Waals surface area contributed by atoms with E-state index in [9.17, 15) is 14.9 Å². The van der Waals surface area contributed by atoms with Crippen molar-refractivity contribution in [2.24, 2.45) is 5.92 Å². The van der Waals surface area contributed by atoms with Crippen LogP contribution in [0.4, 0.5) is 5.69 Å². The smallest absolute Gasteiger partial charge is 0.335 e. The van der Waals surface area contributed by atoms with E-state index in [0.29, 0.717) is 28.6 Å². The van der Waals surface area contributed by atoms with Gasteiger partial charge in [-0.2, -0.15) is 5.26 Å². The number of carboxylic acids is 1. The molecule has 1 heterocycles. The topological polar surface area (TPSA) is 103 Å². The molecular weight excluding hydrogens is 386 g/mol. The average molecular weight is 410 g/mol. The molecule has 1 amide bonds. The van der Waals surface area contributed by atoms with Crippen molar-refractivity contribution in [2.75, 3.05) is 5.32 Å². The fraction of sp³-hybridized carbons (Fsp3) is 0.364. The highest BCUT2D eigenvalue weighted by Crippen LogP contribution is 2.32. The summed E-state index contributed by atoms with van der Waals surface area (Å²) in [6.45, 7) is 4.10. The monoisotopic (exact) mass is 409 g/mol. The number of amides is 1. The Hall–Kier alpha value is -2.85. The Balaban J connectivity index is 1.79. The van der Waals surface area contributed by atoms with E-state index in [-0.39, 0.29) is 11.5 Å². The van der Waals surface area contributed by atoms with Gasteiger partial charge in [0.05, 0.1) is 16.4 Å². The molecule has 2 aromatic rings. The third kappa shape index (κ3) is 4.96. The first-order valence-electron chi connectivity index (χ1n) is 9.65. The minimum absolute atomic E-state index is 0.112. The standard InChI is InChI=1S/C22H23N3O3S/c1-3-19(20(26)24-17-6-4-5-14(11-17)22(27)28)29-21-16(12-23)10-15-9-13(2)7-8-18(15)25-21/h4-6,10-11,13,19H,3,7-9H2,1-2H3,(H,24,26)(H,27,28). The van der Waals surface area contributed by atoms with Gasteiger partial charge in [0.2, 0.25) is 5.91 Å². The average Bonchev–Trinajstić information content (AvgIpc) is 2.71. The van der Waals surface area contributed by atoms with E-state index < -0.39 is 11.2 Å². The Bertz CT molecular complexity index is 984. The van der Waals surface area contributed by atoms with Crippen LogP contribution < -0.4 is 5.32 Å². The van der Waals surface area contributed by atoms with Crippen molar-refractivity contribution >= 4 is 29.3 Å². The summed E-state index contributed by atoms with van der Waals surface area (Å²) in [6, 6.07) is 10.3. The number of rotatable bonds is 6. The molecule has 2 unspecified atom stereocenters. The number of aromatic carboxylic acids is 1. The molecule has 0 radical (unpaired) electrons. The number of hydrogen-bond acceptors (Lipinski definition) is 5. The number of hydrogen-bond donors (Lipinski definition) is 2. The summed E-state index contributed by atoms with van der Waals surface area (Å²) in [6.07, 6.45) is 3.45. The molecule has 1 aromatic heterocycles. The highest BCUT2D eigenvalue weighted by Gasteiger charge is 2.24. The fourth-order valence-corrected chi connectivity index (χ4v) is 4.40. The van der Waals surface area contributed by atoms with Crippen molar-refractivity contribution in [3.8, 4) is 6.07 Å². The third-order valence-corrected chi connectivity index (χ3v) is 6.38. The molecule has 150 valence electrons. The Morgan fingerprint density at radius 3 is 2.90 bits per heavy atom. The minimum atomic E-state index is -1.05. The van der Waals surface area contributed by atoms with Crippen LogP contribution in [0.5, 0.6) is 0 Å². The quantitative estimate of drug-likeness (QED) is 0.690. The molecule has 1 aliphatic rings. The number of aromatic nitrogens is 1. The van der Waals surface area contributed by atoms with E-state index in [1.165, 1.54) is 23.9 Å². The number of benzene rings is 1.